The first-order valence-electron chi connectivity index (χ1n) is 9.32. The molecule has 0 N–H and O–H groups in total. The smallest absolute Gasteiger partial charge is 0.319 e. The van der Waals surface area contributed by atoms with Gasteiger partial charge in [-0.25, -0.2) is 0 Å². The summed E-state index contributed by atoms with van der Waals surface area (Å²) >= 11 is 0. The maximum absolute atomic E-state index is 13.3. The summed E-state index contributed by atoms with van der Waals surface area (Å²) < 4.78 is 5.25. The van der Waals surface area contributed by atoms with Crippen LogP contribution in [0.5, 0.6) is 0 Å². The number of rotatable bonds is 2. The lowest BCUT2D eigenvalue weighted by Gasteiger charge is -2.32. The Morgan fingerprint density at radius 1 is 1.04 bits per heavy atom. The number of aryl methyl sites for hydroxylation is 1. The summed E-state index contributed by atoms with van der Waals surface area (Å²) in [7, 11) is 1.42. The molecule has 1 aliphatic carbocycles. The van der Waals surface area contributed by atoms with E-state index in [1.54, 1.807) is 0 Å². The van der Waals surface area contributed by atoms with Crippen molar-refractivity contribution in [1.29, 1.82) is 0 Å². The lowest BCUT2D eigenvalue weighted by molar-refractivity contribution is -0.144. The van der Waals surface area contributed by atoms with E-state index in [2.05, 4.69) is 0 Å². The van der Waals surface area contributed by atoms with E-state index in [1.165, 1.54) is 7.11 Å². The minimum atomic E-state index is -0.836. The Morgan fingerprint density at radius 2 is 1.67 bits per heavy atom. The molecule has 2 aromatic carbocycles. The Morgan fingerprint density at radius 3 is 2.26 bits per heavy atom. The second kappa shape index (κ2) is 5.69. The quantitative estimate of drug-likeness (QED) is 0.759. The third-order valence-electron chi connectivity index (χ3n) is 5.89. The Bertz CT molecular complexity index is 925. The number of ether oxygens (including phenoxy) is 1. The molecule has 27 heavy (non-hydrogen) atoms. The molecule has 4 heteroatoms. The summed E-state index contributed by atoms with van der Waals surface area (Å²) in [6.07, 6.45) is 0. The predicted molar refractivity (Wildman–Crippen MR) is 105 cm³/mol. The van der Waals surface area contributed by atoms with Gasteiger partial charge in [0.05, 0.1) is 13.2 Å². The Labute approximate surface area is 160 Å². The van der Waals surface area contributed by atoms with Gasteiger partial charge in [-0.3, -0.25) is 9.59 Å². The molecular weight excluding hydrogens is 338 g/mol. The van der Waals surface area contributed by atoms with E-state index in [9.17, 15) is 9.59 Å². The van der Waals surface area contributed by atoms with E-state index in [4.69, 9.17) is 4.74 Å². The molecule has 1 fully saturated rings. The molecular formula is C23H25NO3. The van der Waals surface area contributed by atoms with Crippen LogP contribution in [-0.2, 0) is 19.7 Å². The summed E-state index contributed by atoms with van der Waals surface area (Å²) in [5.41, 5.74) is 2.63. The zero-order valence-corrected chi connectivity index (χ0v) is 16.4. The van der Waals surface area contributed by atoms with Crippen LogP contribution in [-0.4, -0.2) is 25.0 Å². The van der Waals surface area contributed by atoms with Gasteiger partial charge in [-0.15, -0.1) is 0 Å². The number of benzene rings is 2. The van der Waals surface area contributed by atoms with Crippen LogP contribution in [0.15, 0.2) is 48.5 Å². The molecule has 0 saturated heterocycles. The molecule has 4 rings (SSSR count). The molecule has 1 saturated carbocycles. The summed E-state index contributed by atoms with van der Waals surface area (Å²) in [5.74, 6) is -0.321. The SMILES string of the molecule is COC(=O)[C@@]1(c2ccc(C)cc2)[C@@H]2c3ccccc3N(C(=O)C(C)(C)C)[C@@H]21. The van der Waals surface area contributed by atoms with Gasteiger partial charge in [-0.05, 0) is 24.1 Å². The number of amides is 1. The third-order valence-corrected chi connectivity index (χ3v) is 5.89. The summed E-state index contributed by atoms with van der Waals surface area (Å²) in [6, 6.07) is 15.7. The topological polar surface area (TPSA) is 46.6 Å². The first-order chi connectivity index (χ1) is 12.7. The fourth-order valence-corrected chi connectivity index (χ4v) is 4.57. The second-order valence-electron chi connectivity index (χ2n) is 8.63. The number of hydrogen-bond donors (Lipinski definition) is 0. The second-order valence-corrected chi connectivity index (χ2v) is 8.63. The minimum absolute atomic E-state index is 0.0281. The molecule has 1 aliphatic heterocycles. The van der Waals surface area contributed by atoms with Gasteiger partial charge in [0, 0.05) is 17.0 Å². The average Bonchev–Trinajstić information content (AvgIpc) is 3.19. The largest absolute Gasteiger partial charge is 0.468 e. The van der Waals surface area contributed by atoms with E-state index in [0.717, 1.165) is 22.4 Å². The first-order valence-corrected chi connectivity index (χ1v) is 9.32. The van der Waals surface area contributed by atoms with Crippen LogP contribution in [0.1, 0.15) is 43.4 Å². The molecule has 2 aliphatic rings. The number of anilines is 1. The zero-order chi connectivity index (χ0) is 19.6. The average molecular weight is 363 g/mol. The van der Waals surface area contributed by atoms with Gasteiger partial charge in [0.2, 0.25) is 5.91 Å². The molecule has 1 heterocycles. The molecule has 0 aromatic heterocycles. The van der Waals surface area contributed by atoms with Gasteiger partial charge in [0.15, 0.2) is 0 Å². The molecule has 0 unspecified atom stereocenters. The van der Waals surface area contributed by atoms with Crippen LogP contribution >= 0.6 is 0 Å². The summed E-state index contributed by atoms with van der Waals surface area (Å²) in [5, 5.41) is 0. The van der Waals surface area contributed by atoms with Crippen molar-refractivity contribution in [2.75, 3.05) is 12.0 Å². The Kier molecular flexibility index (Phi) is 3.74. The third kappa shape index (κ3) is 2.29. The lowest BCUT2D eigenvalue weighted by Crippen LogP contribution is -2.45. The van der Waals surface area contributed by atoms with Gasteiger partial charge in [-0.1, -0.05) is 68.8 Å². The van der Waals surface area contributed by atoms with Crippen LogP contribution in [0.3, 0.4) is 0 Å². The molecule has 140 valence electrons. The number of carbonyl (C=O) groups excluding carboxylic acids is 2. The lowest BCUT2D eigenvalue weighted by atomic mass is 9.87. The molecule has 0 radical (unpaired) electrons. The van der Waals surface area contributed by atoms with E-state index in [-0.39, 0.29) is 23.8 Å². The molecule has 0 bridgehead atoms. The van der Waals surface area contributed by atoms with Crippen molar-refractivity contribution >= 4 is 17.6 Å². The van der Waals surface area contributed by atoms with Gasteiger partial charge in [0.25, 0.3) is 0 Å². The van der Waals surface area contributed by atoms with Crippen molar-refractivity contribution in [2.45, 2.75) is 45.1 Å². The molecule has 4 nitrogen and oxygen atoms in total. The maximum Gasteiger partial charge on any atom is 0.319 e. The molecule has 3 atom stereocenters. The summed E-state index contributed by atoms with van der Waals surface area (Å²) in [4.78, 5) is 28.2. The highest BCUT2D eigenvalue weighted by Gasteiger charge is 2.78. The van der Waals surface area contributed by atoms with Crippen LogP contribution in [0.25, 0.3) is 0 Å². The van der Waals surface area contributed by atoms with Gasteiger partial charge in [-0.2, -0.15) is 0 Å². The van der Waals surface area contributed by atoms with Crippen LogP contribution < -0.4 is 4.90 Å². The predicted octanol–water partition coefficient (Wildman–Crippen LogP) is 3.96. The zero-order valence-electron chi connectivity index (χ0n) is 16.4. The normalized spacial score (nSPS) is 25.6. The highest BCUT2D eigenvalue weighted by atomic mass is 16.5. The standard InChI is InChI=1S/C23H25NO3/c1-14-10-12-15(13-11-14)23(21(26)27-5)18-16-8-6-7-9-17(16)24(19(18)23)20(25)22(2,3)4/h6-13,18-19H,1-5H3/t18-,19+,23+/m1/s1. The van der Waals surface area contributed by atoms with Crippen LogP contribution in [0, 0.1) is 12.3 Å². The number of para-hydroxylation sites is 1. The number of methoxy groups -OCH3 is 1. The van der Waals surface area contributed by atoms with Crippen molar-refractivity contribution in [3.63, 3.8) is 0 Å². The summed E-state index contributed by atoms with van der Waals surface area (Å²) in [6.45, 7) is 7.77. The maximum atomic E-state index is 13.3. The number of esters is 1. The fourth-order valence-electron chi connectivity index (χ4n) is 4.57. The Balaban J connectivity index is 1.91. The number of nitrogens with zero attached hydrogens (tertiary/aromatic N) is 1. The van der Waals surface area contributed by atoms with E-state index in [0.29, 0.717) is 0 Å². The van der Waals surface area contributed by atoms with Crippen molar-refractivity contribution < 1.29 is 14.3 Å². The number of carbonyl (C=O) groups is 2. The van der Waals surface area contributed by atoms with E-state index >= 15 is 0 Å². The van der Waals surface area contributed by atoms with E-state index < -0.39 is 10.8 Å². The fraction of sp³-hybridized carbons (Fsp3) is 0.391. The van der Waals surface area contributed by atoms with Crippen molar-refractivity contribution in [1.82, 2.24) is 0 Å². The van der Waals surface area contributed by atoms with Crippen LogP contribution in [0.4, 0.5) is 5.69 Å². The van der Waals surface area contributed by atoms with Gasteiger partial charge >= 0.3 is 5.97 Å². The monoisotopic (exact) mass is 363 g/mol. The van der Waals surface area contributed by atoms with Gasteiger partial charge in [0.1, 0.15) is 5.41 Å². The van der Waals surface area contributed by atoms with Gasteiger partial charge < -0.3 is 9.64 Å². The molecule has 2 aromatic rings. The van der Waals surface area contributed by atoms with Crippen LogP contribution in [0.2, 0.25) is 0 Å². The number of fused-ring (bicyclic) bond motifs is 3. The van der Waals surface area contributed by atoms with Crippen molar-refractivity contribution in [3.8, 4) is 0 Å². The molecule has 1 amide bonds. The van der Waals surface area contributed by atoms with Crippen molar-refractivity contribution in [2.24, 2.45) is 5.41 Å². The molecule has 0 spiro atoms. The van der Waals surface area contributed by atoms with E-state index in [1.807, 2.05) is 81.1 Å². The highest BCUT2D eigenvalue weighted by molar-refractivity contribution is 6.07. The highest BCUT2D eigenvalue weighted by Crippen LogP contribution is 2.70. The number of hydrogen-bond acceptors (Lipinski definition) is 3. The minimum Gasteiger partial charge on any atom is -0.468 e. The van der Waals surface area contributed by atoms with Crippen molar-refractivity contribution in [3.05, 3.63) is 65.2 Å². The first kappa shape index (κ1) is 17.8. The Hall–Kier alpha value is -2.62.